The maximum Gasteiger partial charge on any atom is 0.343 e. The van der Waals surface area contributed by atoms with Crippen molar-refractivity contribution >= 4 is 39.2 Å². The number of rotatable bonds is 9. The van der Waals surface area contributed by atoms with Crippen LogP contribution in [0.15, 0.2) is 0 Å². The fourth-order valence-electron chi connectivity index (χ4n) is 0.756. The lowest BCUT2D eigenvalue weighted by Crippen LogP contribution is -2.14. The highest BCUT2D eigenvalue weighted by molar-refractivity contribution is 7.64. The summed E-state index contributed by atoms with van der Waals surface area (Å²) in [6, 6.07) is -1.94. The average Bonchev–Trinajstić information content (AvgIpc) is 2.08. The average molecular weight is 280 g/mol. The standard InChI is InChI=1S/C8H17Cl3O2Si/c1-2-3-4-12-5-6-13-7-8-14(9,10)11/h2-8H2,1H3. The quantitative estimate of drug-likeness (QED) is 0.365. The zero-order chi connectivity index (χ0) is 10.9. The zero-order valence-electron chi connectivity index (χ0n) is 8.40. The fourth-order valence-corrected chi connectivity index (χ4v) is 1.83. The van der Waals surface area contributed by atoms with Crippen LogP contribution in [0, 0.1) is 0 Å². The Morgan fingerprint density at radius 1 is 0.929 bits per heavy atom. The molecule has 0 aromatic heterocycles. The number of halogens is 3. The lowest BCUT2D eigenvalue weighted by molar-refractivity contribution is 0.0517. The Morgan fingerprint density at radius 3 is 2.00 bits per heavy atom. The molecule has 0 rings (SSSR count). The highest BCUT2D eigenvalue weighted by Gasteiger charge is 2.23. The molecular formula is C8H17Cl3O2Si. The van der Waals surface area contributed by atoms with Crippen molar-refractivity contribution in [3.05, 3.63) is 0 Å². The molecule has 6 heteroatoms. The maximum atomic E-state index is 5.67. The molecule has 2 nitrogen and oxygen atoms in total. The minimum atomic E-state index is -2.49. The minimum absolute atomic E-state index is 0.514. The van der Waals surface area contributed by atoms with E-state index in [0.29, 0.717) is 25.9 Å². The first-order valence-corrected chi connectivity index (χ1v) is 10.0. The normalized spacial score (nSPS) is 12.0. The van der Waals surface area contributed by atoms with Crippen LogP contribution in [0.1, 0.15) is 19.8 Å². The van der Waals surface area contributed by atoms with Gasteiger partial charge in [-0.05, 0) is 6.42 Å². The molecule has 0 unspecified atom stereocenters. The lowest BCUT2D eigenvalue weighted by Gasteiger charge is -2.08. The molecule has 0 amide bonds. The van der Waals surface area contributed by atoms with E-state index >= 15 is 0 Å². The summed E-state index contributed by atoms with van der Waals surface area (Å²) in [4.78, 5) is 0. The van der Waals surface area contributed by atoms with Gasteiger partial charge < -0.3 is 9.47 Å². The molecule has 0 spiro atoms. The van der Waals surface area contributed by atoms with E-state index in [2.05, 4.69) is 6.92 Å². The van der Waals surface area contributed by atoms with Gasteiger partial charge in [-0.15, -0.1) is 33.2 Å². The molecule has 0 radical (unpaired) electrons. The molecule has 0 saturated heterocycles. The third kappa shape index (κ3) is 13.0. The highest BCUT2D eigenvalue weighted by Crippen LogP contribution is 2.24. The Hall–Kier alpha value is 1.01. The van der Waals surface area contributed by atoms with Crippen molar-refractivity contribution < 1.29 is 9.47 Å². The van der Waals surface area contributed by atoms with Crippen LogP contribution in [0.2, 0.25) is 6.04 Å². The van der Waals surface area contributed by atoms with Crippen LogP contribution in [0.25, 0.3) is 0 Å². The third-order valence-electron chi connectivity index (χ3n) is 1.54. The Labute approximate surface area is 101 Å². The van der Waals surface area contributed by atoms with E-state index < -0.39 is 6.00 Å². The zero-order valence-corrected chi connectivity index (χ0v) is 11.7. The van der Waals surface area contributed by atoms with Gasteiger partial charge >= 0.3 is 6.00 Å². The minimum Gasteiger partial charge on any atom is -0.379 e. The van der Waals surface area contributed by atoms with Crippen molar-refractivity contribution in [2.24, 2.45) is 0 Å². The second-order valence-electron chi connectivity index (χ2n) is 2.94. The molecule has 0 aliphatic rings. The van der Waals surface area contributed by atoms with Gasteiger partial charge in [0.15, 0.2) is 0 Å². The van der Waals surface area contributed by atoms with Crippen molar-refractivity contribution in [3.8, 4) is 0 Å². The third-order valence-corrected chi connectivity index (χ3v) is 4.02. The van der Waals surface area contributed by atoms with Gasteiger partial charge in [0, 0.05) is 19.3 Å². The van der Waals surface area contributed by atoms with Gasteiger partial charge in [-0.25, -0.2) is 0 Å². The summed E-state index contributed by atoms with van der Waals surface area (Å²) < 4.78 is 10.5. The van der Waals surface area contributed by atoms with Crippen LogP contribution in [0.3, 0.4) is 0 Å². The number of unbranched alkanes of at least 4 members (excludes halogenated alkanes) is 1. The van der Waals surface area contributed by atoms with E-state index in [4.69, 9.17) is 42.7 Å². The Morgan fingerprint density at radius 2 is 1.50 bits per heavy atom. The smallest absolute Gasteiger partial charge is 0.343 e. The summed E-state index contributed by atoms with van der Waals surface area (Å²) in [6.07, 6.45) is 2.25. The van der Waals surface area contributed by atoms with Gasteiger partial charge in [0.25, 0.3) is 0 Å². The first kappa shape index (κ1) is 15.0. The van der Waals surface area contributed by atoms with Crippen molar-refractivity contribution in [1.29, 1.82) is 0 Å². The van der Waals surface area contributed by atoms with Crippen LogP contribution >= 0.6 is 33.2 Å². The van der Waals surface area contributed by atoms with Crippen LogP contribution in [0.5, 0.6) is 0 Å². The van der Waals surface area contributed by atoms with E-state index in [-0.39, 0.29) is 0 Å². The summed E-state index contributed by atoms with van der Waals surface area (Å²) >= 11 is 17.0. The second-order valence-corrected chi connectivity index (χ2v) is 12.2. The van der Waals surface area contributed by atoms with Gasteiger partial charge in [-0.3, -0.25) is 0 Å². The molecule has 0 heterocycles. The van der Waals surface area contributed by atoms with Gasteiger partial charge in [-0.1, -0.05) is 13.3 Å². The molecule has 0 aliphatic heterocycles. The maximum absolute atomic E-state index is 5.67. The topological polar surface area (TPSA) is 18.5 Å². The Kier molecular flexibility index (Phi) is 9.91. The lowest BCUT2D eigenvalue weighted by atomic mass is 10.4. The van der Waals surface area contributed by atoms with Crippen molar-refractivity contribution in [1.82, 2.24) is 0 Å². The number of hydrogen-bond donors (Lipinski definition) is 0. The number of ether oxygens (including phenoxy) is 2. The molecule has 0 N–H and O–H groups in total. The molecule has 0 aliphatic carbocycles. The molecule has 0 aromatic carbocycles. The van der Waals surface area contributed by atoms with Gasteiger partial charge in [-0.2, -0.15) is 0 Å². The van der Waals surface area contributed by atoms with E-state index in [0.717, 1.165) is 19.4 Å². The summed E-state index contributed by atoms with van der Waals surface area (Å²) in [5.74, 6) is 0. The van der Waals surface area contributed by atoms with Crippen LogP contribution in [-0.2, 0) is 9.47 Å². The SMILES string of the molecule is CCCCOCCOCC[Si](Cl)(Cl)Cl. The van der Waals surface area contributed by atoms with Crippen LogP contribution in [0.4, 0.5) is 0 Å². The van der Waals surface area contributed by atoms with Gasteiger partial charge in [0.05, 0.1) is 13.2 Å². The largest absolute Gasteiger partial charge is 0.379 e. The summed E-state index contributed by atoms with van der Waals surface area (Å²) in [5, 5.41) is 0. The van der Waals surface area contributed by atoms with E-state index in [1.165, 1.54) is 0 Å². The van der Waals surface area contributed by atoms with Crippen molar-refractivity contribution in [2.45, 2.75) is 25.8 Å². The Bertz CT molecular complexity index is 130. The molecule has 0 saturated carbocycles. The number of hydrogen-bond acceptors (Lipinski definition) is 2. The fraction of sp³-hybridized carbons (Fsp3) is 1.00. The van der Waals surface area contributed by atoms with E-state index in [1.807, 2.05) is 0 Å². The van der Waals surface area contributed by atoms with Gasteiger partial charge in [0.1, 0.15) is 0 Å². The predicted octanol–water partition coefficient (Wildman–Crippen LogP) is 3.48. The summed E-state index contributed by atoms with van der Waals surface area (Å²) in [6.45, 7) is 4.66. The summed E-state index contributed by atoms with van der Waals surface area (Å²) in [7, 11) is 0. The summed E-state index contributed by atoms with van der Waals surface area (Å²) in [5.41, 5.74) is 0. The molecule has 0 atom stereocenters. The second kappa shape index (κ2) is 9.25. The molecule has 86 valence electrons. The predicted molar refractivity (Wildman–Crippen MR) is 64.7 cm³/mol. The monoisotopic (exact) mass is 278 g/mol. The van der Waals surface area contributed by atoms with Crippen molar-refractivity contribution in [3.63, 3.8) is 0 Å². The van der Waals surface area contributed by atoms with E-state index in [9.17, 15) is 0 Å². The molecular weight excluding hydrogens is 263 g/mol. The van der Waals surface area contributed by atoms with Gasteiger partial charge in [0.2, 0.25) is 0 Å². The Balaban J connectivity index is 2.99. The van der Waals surface area contributed by atoms with Crippen LogP contribution in [-0.4, -0.2) is 32.4 Å². The first-order chi connectivity index (χ1) is 6.56. The molecule has 0 bridgehead atoms. The first-order valence-electron chi connectivity index (χ1n) is 4.78. The van der Waals surface area contributed by atoms with Crippen LogP contribution < -0.4 is 0 Å². The molecule has 0 fully saturated rings. The highest BCUT2D eigenvalue weighted by atomic mass is 35.8. The molecule has 0 aromatic rings. The van der Waals surface area contributed by atoms with E-state index in [1.54, 1.807) is 0 Å². The van der Waals surface area contributed by atoms with Crippen molar-refractivity contribution in [2.75, 3.05) is 26.4 Å². The molecule has 14 heavy (non-hydrogen) atoms.